The first kappa shape index (κ1) is 28.0. The highest BCUT2D eigenvalue weighted by Crippen LogP contribution is 2.42. The summed E-state index contributed by atoms with van der Waals surface area (Å²) >= 11 is 0. The number of nitrogens with zero attached hydrogens (tertiary/aromatic N) is 2. The van der Waals surface area contributed by atoms with Gasteiger partial charge in [-0.05, 0) is 51.2 Å². The standard InChI is InChI=1S/C29H35BN2O8/c1-17-12-22-26(34)32(21-14-24(37-7)23(36-6)13-20(21)25(33)31(22)15-17)27(35)38-16-18-8-10-19(11-9-18)30-39-28(2,3)29(4,5)40-30/h8-11,13-14,22,26,34H,1,12,15-16H2,2-7H3/t22-,26?/m0/s1. The molecule has 11 heteroatoms. The molecule has 2 aromatic rings. The summed E-state index contributed by atoms with van der Waals surface area (Å²) in [4.78, 5) is 29.7. The maximum absolute atomic E-state index is 13.5. The fourth-order valence-corrected chi connectivity index (χ4v) is 5.20. The number of hydrogen-bond acceptors (Lipinski definition) is 8. The highest BCUT2D eigenvalue weighted by atomic mass is 16.7. The van der Waals surface area contributed by atoms with E-state index in [1.165, 1.54) is 31.3 Å². The highest BCUT2D eigenvalue weighted by Gasteiger charge is 2.51. The molecule has 0 radical (unpaired) electrons. The molecule has 2 aromatic carbocycles. The lowest BCUT2D eigenvalue weighted by atomic mass is 9.79. The van der Waals surface area contributed by atoms with E-state index in [1.54, 1.807) is 0 Å². The van der Waals surface area contributed by atoms with Crippen molar-refractivity contribution in [1.82, 2.24) is 4.90 Å². The number of anilines is 1. The molecule has 0 aliphatic carbocycles. The molecule has 0 bridgehead atoms. The normalized spacial score (nSPS) is 23.0. The highest BCUT2D eigenvalue weighted by molar-refractivity contribution is 6.62. The summed E-state index contributed by atoms with van der Waals surface area (Å²) in [6.45, 7) is 12.2. The van der Waals surface area contributed by atoms with Crippen LogP contribution in [0, 0.1) is 0 Å². The van der Waals surface area contributed by atoms with Crippen molar-refractivity contribution in [2.24, 2.45) is 0 Å². The fraction of sp³-hybridized carbons (Fsp3) is 0.448. The van der Waals surface area contributed by atoms with Crippen LogP contribution in [0.25, 0.3) is 0 Å². The van der Waals surface area contributed by atoms with Gasteiger partial charge in [-0.3, -0.25) is 4.79 Å². The third-order valence-electron chi connectivity index (χ3n) is 8.22. The maximum Gasteiger partial charge on any atom is 0.494 e. The van der Waals surface area contributed by atoms with Crippen molar-refractivity contribution in [2.45, 2.75) is 64.2 Å². The lowest BCUT2D eigenvalue weighted by Crippen LogP contribution is -2.50. The Balaban J connectivity index is 1.38. The van der Waals surface area contributed by atoms with Crippen molar-refractivity contribution in [1.29, 1.82) is 0 Å². The van der Waals surface area contributed by atoms with Crippen LogP contribution in [-0.4, -0.2) is 73.4 Å². The van der Waals surface area contributed by atoms with Gasteiger partial charge in [-0.1, -0.05) is 36.4 Å². The molecule has 0 saturated carbocycles. The lowest BCUT2D eigenvalue weighted by Gasteiger charge is -2.32. The van der Waals surface area contributed by atoms with E-state index in [9.17, 15) is 14.7 Å². The summed E-state index contributed by atoms with van der Waals surface area (Å²) in [5.74, 6) is 0.298. The monoisotopic (exact) mass is 550 g/mol. The molecular formula is C29H35BN2O8. The van der Waals surface area contributed by atoms with Crippen LogP contribution >= 0.6 is 0 Å². The van der Waals surface area contributed by atoms with Gasteiger partial charge in [0, 0.05) is 12.6 Å². The molecule has 2 amide bonds. The van der Waals surface area contributed by atoms with Gasteiger partial charge in [0.15, 0.2) is 17.7 Å². The van der Waals surface area contributed by atoms with Gasteiger partial charge in [0.1, 0.15) is 6.61 Å². The Hall–Kier alpha value is -3.54. The Morgan fingerprint density at radius 2 is 1.68 bits per heavy atom. The zero-order valence-corrected chi connectivity index (χ0v) is 23.7. The van der Waals surface area contributed by atoms with Gasteiger partial charge >= 0.3 is 13.2 Å². The third kappa shape index (κ3) is 4.72. The van der Waals surface area contributed by atoms with Crippen molar-refractivity contribution >= 4 is 30.3 Å². The van der Waals surface area contributed by atoms with Crippen LogP contribution in [0.4, 0.5) is 10.5 Å². The van der Waals surface area contributed by atoms with Gasteiger partial charge in [0.25, 0.3) is 5.91 Å². The molecule has 2 saturated heterocycles. The van der Waals surface area contributed by atoms with Crippen molar-refractivity contribution in [3.05, 3.63) is 59.7 Å². The maximum atomic E-state index is 13.5. The zero-order chi connectivity index (χ0) is 29.0. The number of ether oxygens (including phenoxy) is 3. The zero-order valence-electron chi connectivity index (χ0n) is 23.7. The number of benzene rings is 2. The molecular weight excluding hydrogens is 515 g/mol. The summed E-state index contributed by atoms with van der Waals surface area (Å²) in [7, 11) is 2.42. The SMILES string of the molecule is C=C1C[C@H]2C(O)N(C(=O)OCc3ccc(B4OC(C)(C)C(C)(C)O4)cc3)c3cc(OC)c(OC)cc3C(=O)N2C1. The number of hydrogen-bond donors (Lipinski definition) is 1. The van der Waals surface area contributed by atoms with Crippen LogP contribution in [0.1, 0.15) is 50.0 Å². The first-order valence-corrected chi connectivity index (χ1v) is 13.2. The first-order valence-electron chi connectivity index (χ1n) is 13.2. The Bertz CT molecular complexity index is 1330. The Morgan fingerprint density at radius 1 is 1.07 bits per heavy atom. The fourth-order valence-electron chi connectivity index (χ4n) is 5.20. The molecule has 2 fully saturated rings. The van der Waals surface area contributed by atoms with Crippen LogP contribution in [0.5, 0.6) is 11.5 Å². The second-order valence-electron chi connectivity index (χ2n) is 11.3. The van der Waals surface area contributed by atoms with Crippen molar-refractivity contribution < 1.29 is 38.2 Å². The summed E-state index contributed by atoms with van der Waals surface area (Å²) in [6.07, 6.45) is -1.80. The Kier molecular flexibility index (Phi) is 7.10. The van der Waals surface area contributed by atoms with Crippen LogP contribution in [0.2, 0.25) is 0 Å². The number of carbonyl (C=O) groups excluding carboxylic acids is 2. The minimum Gasteiger partial charge on any atom is -0.493 e. The molecule has 0 spiro atoms. The molecule has 3 aliphatic rings. The van der Waals surface area contributed by atoms with E-state index >= 15 is 0 Å². The number of rotatable bonds is 5. The van der Waals surface area contributed by atoms with Crippen LogP contribution in [0.3, 0.4) is 0 Å². The summed E-state index contributed by atoms with van der Waals surface area (Å²) in [5.41, 5.74) is 1.84. The topological polar surface area (TPSA) is 107 Å². The molecule has 0 aromatic heterocycles. The molecule has 3 aliphatic heterocycles. The quantitative estimate of drug-likeness (QED) is 0.447. The van der Waals surface area contributed by atoms with Crippen molar-refractivity contribution in [3.8, 4) is 11.5 Å². The summed E-state index contributed by atoms with van der Waals surface area (Å²) in [5, 5.41) is 11.4. The summed E-state index contributed by atoms with van der Waals surface area (Å²) < 4.78 is 28.7. The molecule has 3 heterocycles. The predicted octanol–water partition coefficient (Wildman–Crippen LogP) is 3.25. The van der Waals surface area contributed by atoms with E-state index in [-0.39, 0.29) is 30.3 Å². The van der Waals surface area contributed by atoms with Crippen LogP contribution in [-0.2, 0) is 20.7 Å². The number of aliphatic hydroxyl groups excluding tert-OH is 1. The molecule has 10 nitrogen and oxygen atoms in total. The van der Waals surface area contributed by atoms with Gasteiger partial charge in [-0.2, -0.15) is 0 Å². The smallest absolute Gasteiger partial charge is 0.493 e. The molecule has 1 N–H and O–H groups in total. The van der Waals surface area contributed by atoms with E-state index in [0.29, 0.717) is 17.9 Å². The average molecular weight is 550 g/mol. The van der Waals surface area contributed by atoms with Gasteiger partial charge < -0.3 is 33.5 Å². The van der Waals surface area contributed by atoms with Crippen LogP contribution in [0.15, 0.2) is 48.6 Å². The molecule has 5 rings (SSSR count). The minimum atomic E-state index is -1.36. The number of methoxy groups -OCH3 is 2. The second-order valence-corrected chi connectivity index (χ2v) is 11.3. The second kappa shape index (κ2) is 10.1. The molecule has 212 valence electrons. The van der Waals surface area contributed by atoms with Crippen LogP contribution < -0.4 is 19.8 Å². The van der Waals surface area contributed by atoms with Gasteiger partial charge in [-0.15, -0.1) is 0 Å². The number of aliphatic hydroxyl groups is 1. The lowest BCUT2D eigenvalue weighted by molar-refractivity contribution is 0.00578. The minimum absolute atomic E-state index is 0.0522. The van der Waals surface area contributed by atoms with E-state index in [2.05, 4.69) is 6.58 Å². The van der Waals surface area contributed by atoms with Crippen molar-refractivity contribution in [2.75, 3.05) is 25.7 Å². The molecule has 40 heavy (non-hydrogen) atoms. The number of fused-ring (bicyclic) bond motifs is 2. The summed E-state index contributed by atoms with van der Waals surface area (Å²) in [6, 6.07) is 9.77. The van der Waals surface area contributed by atoms with E-state index in [0.717, 1.165) is 21.5 Å². The van der Waals surface area contributed by atoms with E-state index in [1.807, 2.05) is 52.0 Å². The number of carbonyl (C=O) groups is 2. The van der Waals surface area contributed by atoms with Gasteiger partial charge in [0.05, 0.1) is 42.7 Å². The number of amides is 2. The Labute approximate surface area is 234 Å². The average Bonchev–Trinajstić information content (AvgIpc) is 3.39. The molecule has 2 atom stereocenters. The van der Waals surface area contributed by atoms with Crippen molar-refractivity contribution in [3.63, 3.8) is 0 Å². The Morgan fingerprint density at radius 3 is 2.27 bits per heavy atom. The first-order chi connectivity index (χ1) is 18.9. The van der Waals surface area contributed by atoms with Gasteiger partial charge in [0.2, 0.25) is 0 Å². The predicted molar refractivity (Wildman–Crippen MR) is 149 cm³/mol. The third-order valence-corrected chi connectivity index (χ3v) is 8.22. The van der Waals surface area contributed by atoms with E-state index < -0.39 is 36.7 Å². The molecule has 1 unspecified atom stereocenters. The van der Waals surface area contributed by atoms with Gasteiger partial charge in [-0.25, -0.2) is 9.69 Å². The van der Waals surface area contributed by atoms with E-state index in [4.69, 9.17) is 23.5 Å². The largest absolute Gasteiger partial charge is 0.494 e.